The minimum Gasteiger partial charge on any atom is -0.277 e. The van der Waals surface area contributed by atoms with E-state index < -0.39 is 0 Å². The van der Waals surface area contributed by atoms with E-state index in [1.54, 1.807) is 0 Å². The third-order valence-corrected chi connectivity index (χ3v) is 5.25. The lowest BCUT2D eigenvalue weighted by Crippen LogP contribution is -2.09. The van der Waals surface area contributed by atoms with Crippen LogP contribution in [-0.4, -0.2) is 18.7 Å². The van der Waals surface area contributed by atoms with Crippen LogP contribution in [0.15, 0.2) is 30.9 Å². The minimum atomic E-state index is 0.822. The van der Waals surface area contributed by atoms with E-state index in [4.69, 9.17) is 0 Å². The van der Waals surface area contributed by atoms with Gasteiger partial charge in [-0.2, -0.15) is 5.10 Å². The van der Waals surface area contributed by atoms with Gasteiger partial charge in [0.1, 0.15) is 5.65 Å². The van der Waals surface area contributed by atoms with Crippen LogP contribution in [0, 0.1) is 5.92 Å². The van der Waals surface area contributed by atoms with Gasteiger partial charge >= 0.3 is 0 Å². The van der Waals surface area contributed by atoms with Gasteiger partial charge in [0.05, 0.1) is 6.20 Å². The molecule has 0 atom stereocenters. The molecule has 0 saturated heterocycles. The van der Waals surface area contributed by atoms with Crippen LogP contribution in [-0.2, 0) is 13.5 Å². The first kappa shape index (κ1) is 14.8. The van der Waals surface area contributed by atoms with Crippen LogP contribution in [0.4, 0.5) is 0 Å². The topological polar surface area (TPSA) is 35.6 Å². The summed E-state index contributed by atoms with van der Waals surface area (Å²) in [5.74, 6) is 0.822. The molecule has 23 heavy (non-hydrogen) atoms. The fraction of sp³-hybridized carbons (Fsp3) is 0.444. The van der Waals surface area contributed by atoms with Gasteiger partial charge in [-0.25, -0.2) is 4.98 Å². The van der Waals surface area contributed by atoms with Gasteiger partial charge in [-0.1, -0.05) is 44.9 Å². The lowest BCUT2D eigenvalue weighted by Gasteiger charge is -2.21. The van der Waals surface area contributed by atoms with Crippen molar-refractivity contribution in [1.82, 2.24) is 18.7 Å². The quantitative estimate of drug-likeness (QED) is 0.730. The number of rotatable bonds is 3. The van der Waals surface area contributed by atoms with Gasteiger partial charge in [0.2, 0.25) is 0 Å². The maximum atomic E-state index is 4.66. The molecule has 1 saturated carbocycles. The Kier molecular flexibility index (Phi) is 3.89. The minimum absolute atomic E-state index is 0.822. The van der Waals surface area contributed by atoms with Crippen LogP contribution in [0.25, 0.3) is 22.2 Å². The standard InChI is InChI=1S/C18H22N4S/c1-21-11-15(10-20-21)17-12-22(23)18-16(17)8-14(9-19-18)7-13-5-3-2-4-6-13/h8-13,23H,2-7H2,1H3. The average Bonchev–Trinajstić information content (AvgIpc) is 3.12. The molecule has 0 bridgehead atoms. The van der Waals surface area contributed by atoms with Gasteiger partial charge in [0, 0.05) is 42.2 Å². The molecule has 3 aromatic heterocycles. The summed E-state index contributed by atoms with van der Waals surface area (Å²) in [6.45, 7) is 0. The number of aromatic nitrogens is 4. The molecule has 3 heterocycles. The fourth-order valence-electron chi connectivity index (χ4n) is 3.76. The molecule has 3 aromatic rings. The molecule has 0 unspecified atom stereocenters. The zero-order valence-corrected chi connectivity index (χ0v) is 14.3. The molecule has 0 N–H and O–H groups in total. The van der Waals surface area contributed by atoms with Gasteiger partial charge in [-0.3, -0.25) is 8.65 Å². The van der Waals surface area contributed by atoms with E-state index in [9.17, 15) is 0 Å². The third kappa shape index (κ3) is 2.90. The smallest absolute Gasteiger partial charge is 0.150 e. The second-order valence-corrected chi connectivity index (χ2v) is 7.14. The Morgan fingerprint density at radius 1 is 1.17 bits per heavy atom. The molecule has 0 aromatic carbocycles. The highest BCUT2D eigenvalue weighted by Gasteiger charge is 2.16. The Balaban J connectivity index is 1.71. The molecule has 5 heteroatoms. The first-order valence-electron chi connectivity index (χ1n) is 8.39. The Hall–Kier alpha value is -1.75. The number of nitrogens with zero attached hydrogens (tertiary/aromatic N) is 4. The Morgan fingerprint density at radius 3 is 2.74 bits per heavy atom. The van der Waals surface area contributed by atoms with Gasteiger partial charge in [0.25, 0.3) is 0 Å². The molecule has 0 amide bonds. The summed E-state index contributed by atoms with van der Waals surface area (Å²) in [6, 6.07) is 2.30. The molecule has 0 spiro atoms. The van der Waals surface area contributed by atoms with E-state index >= 15 is 0 Å². The van der Waals surface area contributed by atoms with Crippen LogP contribution in [0.5, 0.6) is 0 Å². The van der Waals surface area contributed by atoms with E-state index in [1.807, 2.05) is 40.5 Å². The molecular formula is C18H22N4S. The third-order valence-electron chi connectivity index (χ3n) is 4.95. The molecule has 120 valence electrons. The zero-order chi connectivity index (χ0) is 15.8. The van der Waals surface area contributed by atoms with Crippen molar-refractivity contribution < 1.29 is 0 Å². The van der Waals surface area contributed by atoms with Crippen molar-refractivity contribution in [3.8, 4) is 11.1 Å². The highest BCUT2D eigenvalue weighted by Crippen LogP contribution is 2.32. The van der Waals surface area contributed by atoms with Crippen molar-refractivity contribution >= 4 is 23.8 Å². The highest BCUT2D eigenvalue weighted by atomic mass is 32.1. The van der Waals surface area contributed by atoms with E-state index in [-0.39, 0.29) is 0 Å². The van der Waals surface area contributed by atoms with Crippen LogP contribution in [0.2, 0.25) is 0 Å². The Bertz CT molecular complexity index is 827. The predicted octanol–water partition coefficient (Wildman–Crippen LogP) is 4.25. The summed E-state index contributed by atoms with van der Waals surface area (Å²) in [4.78, 5) is 4.66. The van der Waals surface area contributed by atoms with E-state index in [0.29, 0.717) is 0 Å². The fourth-order valence-corrected chi connectivity index (χ4v) is 4.04. The summed E-state index contributed by atoms with van der Waals surface area (Å²) >= 11 is 4.52. The number of fused-ring (bicyclic) bond motifs is 1. The van der Waals surface area contributed by atoms with E-state index in [0.717, 1.165) is 29.1 Å². The largest absolute Gasteiger partial charge is 0.277 e. The Morgan fingerprint density at radius 2 is 2.00 bits per heavy atom. The number of hydrogen-bond donors (Lipinski definition) is 1. The monoisotopic (exact) mass is 326 g/mol. The maximum absolute atomic E-state index is 4.66. The summed E-state index contributed by atoms with van der Waals surface area (Å²) < 4.78 is 3.64. The van der Waals surface area contributed by atoms with Gasteiger partial charge in [0.15, 0.2) is 0 Å². The second kappa shape index (κ2) is 6.04. The first-order valence-corrected chi connectivity index (χ1v) is 8.79. The van der Waals surface area contributed by atoms with Crippen LogP contribution >= 0.6 is 12.8 Å². The zero-order valence-electron chi connectivity index (χ0n) is 13.4. The van der Waals surface area contributed by atoms with Gasteiger partial charge in [-0.15, -0.1) is 0 Å². The van der Waals surface area contributed by atoms with Crippen molar-refractivity contribution in [3.63, 3.8) is 0 Å². The number of aryl methyl sites for hydroxylation is 1. The maximum Gasteiger partial charge on any atom is 0.150 e. The van der Waals surface area contributed by atoms with Gasteiger partial charge in [-0.05, 0) is 24.0 Å². The molecule has 0 radical (unpaired) electrons. The number of pyridine rings is 1. The second-order valence-electron chi connectivity index (χ2n) is 6.71. The predicted molar refractivity (Wildman–Crippen MR) is 96.6 cm³/mol. The molecule has 1 fully saturated rings. The van der Waals surface area contributed by atoms with Crippen molar-refractivity contribution in [2.24, 2.45) is 13.0 Å². The van der Waals surface area contributed by atoms with Crippen LogP contribution in [0.3, 0.4) is 0 Å². The van der Waals surface area contributed by atoms with Gasteiger partial charge < -0.3 is 0 Å². The van der Waals surface area contributed by atoms with E-state index in [2.05, 4.69) is 29.0 Å². The lowest BCUT2D eigenvalue weighted by molar-refractivity contribution is 0.356. The molecule has 4 nitrogen and oxygen atoms in total. The number of hydrogen-bond acceptors (Lipinski definition) is 3. The first-order chi connectivity index (χ1) is 11.2. The van der Waals surface area contributed by atoms with Crippen molar-refractivity contribution in [2.45, 2.75) is 38.5 Å². The van der Waals surface area contributed by atoms with Crippen molar-refractivity contribution in [3.05, 3.63) is 36.4 Å². The van der Waals surface area contributed by atoms with E-state index in [1.165, 1.54) is 43.1 Å². The lowest BCUT2D eigenvalue weighted by atomic mass is 9.85. The SMILES string of the molecule is Cn1cc(-c2cn(S)c3ncc(CC4CCCCC4)cc23)cn1. The summed E-state index contributed by atoms with van der Waals surface area (Å²) in [6.07, 6.45) is 16.0. The van der Waals surface area contributed by atoms with Crippen LogP contribution in [0.1, 0.15) is 37.7 Å². The highest BCUT2D eigenvalue weighted by molar-refractivity contribution is 7.78. The molecular weight excluding hydrogens is 304 g/mol. The molecule has 4 rings (SSSR count). The summed E-state index contributed by atoms with van der Waals surface area (Å²) in [7, 11) is 1.94. The summed E-state index contributed by atoms with van der Waals surface area (Å²) in [5, 5.41) is 5.46. The summed E-state index contributed by atoms with van der Waals surface area (Å²) in [5.41, 5.74) is 4.52. The molecule has 0 aliphatic heterocycles. The van der Waals surface area contributed by atoms with Crippen molar-refractivity contribution in [2.75, 3.05) is 0 Å². The normalized spacial score (nSPS) is 16.3. The number of thiol groups is 1. The van der Waals surface area contributed by atoms with Crippen LogP contribution < -0.4 is 0 Å². The molecule has 1 aliphatic carbocycles. The Labute approximate surface area is 142 Å². The van der Waals surface area contributed by atoms with Crippen molar-refractivity contribution in [1.29, 1.82) is 0 Å². The average molecular weight is 326 g/mol. The molecule has 1 aliphatic rings.